The lowest BCUT2D eigenvalue weighted by molar-refractivity contribution is -0.114. The van der Waals surface area contributed by atoms with Gasteiger partial charge in [-0.15, -0.1) is 0 Å². The van der Waals surface area contributed by atoms with Gasteiger partial charge in [-0.1, -0.05) is 0 Å². The molecule has 0 aliphatic heterocycles. The van der Waals surface area contributed by atoms with Gasteiger partial charge in [-0.25, -0.2) is 4.98 Å². The summed E-state index contributed by atoms with van der Waals surface area (Å²) in [6.45, 7) is 1.48. The minimum absolute atomic E-state index is 0.0965. The molecule has 0 aromatic carbocycles. The average molecular weight is 215 g/mol. The third kappa shape index (κ3) is 1.56. The average Bonchev–Trinajstić information content (AvgIpc) is 2.98. The first-order chi connectivity index (χ1) is 7.74. The molecular formula is C12H13N3O. The van der Waals surface area contributed by atoms with Crippen LogP contribution in [0.4, 0.5) is 5.82 Å². The van der Waals surface area contributed by atoms with E-state index in [1.54, 1.807) is 0 Å². The molecule has 2 aromatic rings. The Hall–Kier alpha value is -1.84. The zero-order valence-electron chi connectivity index (χ0n) is 9.08. The Balaban J connectivity index is 2.02. The van der Waals surface area contributed by atoms with E-state index in [9.17, 15) is 4.79 Å². The van der Waals surface area contributed by atoms with Gasteiger partial charge in [0.15, 0.2) is 0 Å². The first-order valence-corrected chi connectivity index (χ1v) is 5.48. The van der Waals surface area contributed by atoms with E-state index < -0.39 is 0 Å². The molecule has 1 aliphatic rings. The quantitative estimate of drug-likeness (QED) is 0.808. The maximum atomic E-state index is 10.9. The molecule has 0 bridgehead atoms. The van der Waals surface area contributed by atoms with E-state index in [0.717, 1.165) is 5.52 Å². The molecule has 16 heavy (non-hydrogen) atoms. The lowest BCUT2D eigenvalue weighted by Gasteiger charge is -2.01. The summed E-state index contributed by atoms with van der Waals surface area (Å²) in [5.41, 5.74) is 2.40. The van der Waals surface area contributed by atoms with Crippen LogP contribution >= 0.6 is 0 Å². The zero-order chi connectivity index (χ0) is 11.1. The van der Waals surface area contributed by atoms with Crippen molar-refractivity contribution in [1.82, 2.24) is 9.97 Å². The van der Waals surface area contributed by atoms with Crippen LogP contribution in [-0.4, -0.2) is 15.9 Å². The molecule has 0 atom stereocenters. The highest BCUT2D eigenvalue weighted by Crippen LogP contribution is 2.43. The number of aromatic nitrogens is 2. The number of aromatic amines is 1. The lowest BCUT2D eigenvalue weighted by Crippen LogP contribution is -2.06. The second-order valence-electron chi connectivity index (χ2n) is 4.31. The van der Waals surface area contributed by atoms with Crippen molar-refractivity contribution in [3.63, 3.8) is 0 Å². The number of anilines is 1. The van der Waals surface area contributed by atoms with Gasteiger partial charge in [-0.3, -0.25) is 4.79 Å². The van der Waals surface area contributed by atoms with Crippen molar-refractivity contribution in [2.45, 2.75) is 25.7 Å². The van der Waals surface area contributed by atoms with Gasteiger partial charge in [0, 0.05) is 30.8 Å². The highest BCUT2D eigenvalue weighted by molar-refractivity contribution is 5.91. The number of rotatable bonds is 2. The molecule has 4 heteroatoms. The smallest absolute Gasteiger partial charge is 0.222 e. The van der Waals surface area contributed by atoms with Crippen LogP contribution < -0.4 is 5.32 Å². The fourth-order valence-corrected chi connectivity index (χ4v) is 2.02. The first-order valence-electron chi connectivity index (χ1n) is 5.48. The Morgan fingerprint density at radius 2 is 2.38 bits per heavy atom. The topological polar surface area (TPSA) is 57.8 Å². The number of nitrogens with zero attached hydrogens (tertiary/aromatic N) is 1. The fraction of sp³-hybridized carbons (Fsp3) is 0.333. The van der Waals surface area contributed by atoms with Crippen LogP contribution in [0.25, 0.3) is 10.9 Å². The molecule has 1 saturated carbocycles. The number of hydrogen-bond acceptors (Lipinski definition) is 2. The summed E-state index contributed by atoms with van der Waals surface area (Å²) in [6, 6.07) is 1.88. The number of carbonyl (C=O) groups excluding carboxylic acids is 1. The highest BCUT2D eigenvalue weighted by Gasteiger charge is 2.26. The Bertz CT molecular complexity index is 554. The number of fused-ring (bicyclic) bond motifs is 1. The summed E-state index contributed by atoms with van der Waals surface area (Å²) in [5, 5.41) is 3.86. The number of pyridine rings is 1. The standard InChI is InChI=1S/C12H13N3O/c1-7(16)15-12-4-11-10(6-14-12)9(5-13-11)8-2-3-8/h4-6,8,13H,2-3H2,1H3,(H,14,15,16). The molecule has 0 unspecified atom stereocenters. The van der Waals surface area contributed by atoms with Crippen molar-refractivity contribution in [2.75, 3.05) is 5.32 Å². The lowest BCUT2D eigenvalue weighted by atomic mass is 10.1. The van der Waals surface area contributed by atoms with E-state index in [4.69, 9.17) is 0 Å². The van der Waals surface area contributed by atoms with Crippen molar-refractivity contribution in [3.8, 4) is 0 Å². The van der Waals surface area contributed by atoms with Gasteiger partial charge in [-0.2, -0.15) is 0 Å². The van der Waals surface area contributed by atoms with E-state index in [0.29, 0.717) is 11.7 Å². The number of carbonyl (C=O) groups is 1. The second kappa shape index (κ2) is 3.33. The molecule has 2 N–H and O–H groups in total. The van der Waals surface area contributed by atoms with Crippen LogP contribution in [0.1, 0.15) is 31.2 Å². The minimum Gasteiger partial charge on any atom is -0.361 e. The van der Waals surface area contributed by atoms with Gasteiger partial charge >= 0.3 is 0 Å². The molecule has 0 radical (unpaired) electrons. The molecule has 0 spiro atoms. The Morgan fingerprint density at radius 3 is 3.06 bits per heavy atom. The molecule has 2 aromatic heterocycles. The van der Waals surface area contributed by atoms with Crippen LogP contribution in [0.3, 0.4) is 0 Å². The largest absolute Gasteiger partial charge is 0.361 e. The summed E-state index contributed by atoms with van der Waals surface area (Å²) < 4.78 is 0. The maximum absolute atomic E-state index is 10.9. The molecule has 4 nitrogen and oxygen atoms in total. The monoisotopic (exact) mass is 215 g/mol. The van der Waals surface area contributed by atoms with Crippen LogP contribution in [0.15, 0.2) is 18.5 Å². The highest BCUT2D eigenvalue weighted by atomic mass is 16.1. The molecule has 1 fully saturated rings. The molecule has 0 saturated heterocycles. The van der Waals surface area contributed by atoms with Crippen molar-refractivity contribution in [1.29, 1.82) is 0 Å². The van der Waals surface area contributed by atoms with Gasteiger partial charge in [0.05, 0.1) is 5.52 Å². The number of amides is 1. The Morgan fingerprint density at radius 1 is 1.56 bits per heavy atom. The molecular weight excluding hydrogens is 202 g/mol. The molecule has 1 amide bonds. The fourth-order valence-electron chi connectivity index (χ4n) is 2.02. The van der Waals surface area contributed by atoms with E-state index in [1.807, 2.05) is 12.3 Å². The van der Waals surface area contributed by atoms with Gasteiger partial charge in [-0.05, 0) is 24.3 Å². The van der Waals surface area contributed by atoms with Crippen LogP contribution in [0, 0.1) is 0 Å². The van der Waals surface area contributed by atoms with E-state index in [-0.39, 0.29) is 5.91 Å². The van der Waals surface area contributed by atoms with E-state index >= 15 is 0 Å². The zero-order valence-corrected chi connectivity index (χ0v) is 9.08. The first kappa shape index (κ1) is 9.39. The molecule has 1 aliphatic carbocycles. The summed E-state index contributed by atoms with van der Waals surface area (Å²) >= 11 is 0. The van der Waals surface area contributed by atoms with Crippen molar-refractivity contribution < 1.29 is 4.79 Å². The third-order valence-corrected chi connectivity index (χ3v) is 2.92. The van der Waals surface area contributed by atoms with Crippen LogP contribution in [0.2, 0.25) is 0 Å². The van der Waals surface area contributed by atoms with Gasteiger partial charge < -0.3 is 10.3 Å². The number of nitrogens with one attached hydrogen (secondary N) is 2. The third-order valence-electron chi connectivity index (χ3n) is 2.92. The predicted octanol–water partition coefficient (Wildman–Crippen LogP) is 2.40. The minimum atomic E-state index is -0.0965. The molecule has 82 valence electrons. The van der Waals surface area contributed by atoms with E-state index in [1.165, 1.54) is 30.7 Å². The number of hydrogen-bond donors (Lipinski definition) is 2. The van der Waals surface area contributed by atoms with Gasteiger partial charge in [0.2, 0.25) is 5.91 Å². The van der Waals surface area contributed by atoms with Crippen molar-refractivity contribution >= 4 is 22.6 Å². The molecule has 3 rings (SSSR count). The Labute approximate surface area is 93.1 Å². The van der Waals surface area contributed by atoms with Crippen molar-refractivity contribution in [2.24, 2.45) is 0 Å². The predicted molar refractivity (Wildman–Crippen MR) is 62.4 cm³/mol. The van der Waals surface area contributed by atoms with Gasteiger partial charge in [0.1, 0.15) is 5.82 Å². The number of H-pyrrole nitrogens is 1. The summed E-state index contributed by atoms with van der Waals surface area (Å²) in [7, 11) is 0. The van der Waals surface area contributed by atoms with Crippen molar-refractivity contribution in [3.05, 3.63) is 24.0 Å². The van der Waals surface area contributed by atoms with E-state index in [2.05, 4.69) is 21.5 Å². The van der Waals surface area contributed by atoms with Crippen LogP contribution in [0.5, 0.6) is 0 Å². The SMILES string of the molecule is CC(=O)Nc1cc2[nH]cc(C3CC3)c2cn1. The molecule has 2 heterocycles. The van der Waals surface area contributed by atoms with Crippen LogP contribution in [-0.2, 0) is 4.79 Å². The summed E-state index contributed by atoms with van der Waals surface area (Å²) in [6.07, 6.45) is 6.45. The summed E-state index contributed by atoms with van der Waals surface area (Å²) in [5.74, 6) is 1.21. The normalized spacial score (nSPS) is 15.3. The van der Waals surface area contributed by atoms with Gasteiger partial charge in [0.25, 0.3) is 0 Å². The summed E-state index contributed by atoms with van der Waals surface area (Å²) in [4.78, 5) is 18.4. The Kier molecular flexibility index (Phi) is 1.96. The second-order valence-corrected chi connectivity index (χ2v) is 4.31. The maximum Gasteiger partial charge on any atom is 0.222 e.